The topological polar surface area (TPSA) is 109 Å². The van der Waals surface area contributed by atoms with Crippen molar-refractivity contribution in [3.8, 4) is 5.75 Å². The fourth-order valence-electron chi connectivity index (χ4n) is 2.38. The number of para-hydroxylation sites is 1. The summed E-state index contributed by atoms with van der Waals surface area (Å²) in [5.41, 5.74) is 6.14. The van der Waals surface area contributed by atoms with Crippen LogP contribution in [0.2, 0.25) is 0 Å². The van der Waals surface area contributed by atoms with Crippen molar-refractivity contribution in [2.75, 3.05) is 12.4 Å². The molecule has 2 aromatic rings. The molecule has 0 aliphatic heterocycles. The summed E-state index contributed by atoms with van der Waals surface area (Å²) in [5, 5.41) is 5.13. The van der Waals surface area contributed by atoms with Crippen molar-refractivity contribution in [2.45, 2.75) is 19.8 Å². The Bertz CT molecular complexity index is 900. The summed E-state index contributed by atoms with van der Waals surface area (Å²) in [6.07, 6.45) is 1.19. The van der Waals surface area contributed by atoms with E-state index >= 15 is 0 Å². The number of benzene rings is 2. The second kappa shape index (κ2) is 10.8. The zero-order chi connectivity index (χ0) is 21.2. The number of carbonyl (C=O) groups excluding carboxylic acids is 3. The lowest BCUT2D eigenvalue weighted by Gasteiger charge is -2.12. The normalized spacial score (nSPS) is 9.86. The van der Waals surface area contributed by atoms with Crippen molar-refractivity contribution in [1.29, 1.82) is 0 Å². The lowest BCUT2D eigenvalue weighted by molar-refractivity contribution is -0.116. The molecule has 0 fully saturated rings. The highest BCUT2D eigenvalue weighted by Gasteiger charge is 2.13. The van der Waals surface area contributed by atoms with Crippen LogP contribution in [-0.2, 0) is 4.79 Å². The molecule has 3 amide bonds. The zero-order valence-corrected chi connectivity index (χ0v) is 16.9. The molecule has 0 saturated heterocycles. The Morgan fingerprint density at radius 3 is 2.31 bits per heavy atom. The van der Waals surface area contributed by atoms with E-state index < -0.39 is 11.8 Å². The molecule has 152 valence electrons. The number of hydrogen-bond acceptors (Lipinski definition) is 5. The van der Waals surface area contributed by atoms with Crippen LogP contribution in [0.5, 0.6) is 5.75 Å². The van der Waals surface area contributed by atoms with Gasteiger partial charge in [-0.2, -0.15) is 0 Å². The Balaban J connectivity index is 1.86. The van der Waals surface area contributed by atoms with Crippen molar-refractivity contribution in [2.24, 2.45) is 0 Å². The fourth-order valence-corrected chi connectivity index (χ4v) is 2.52. The number of thiocarbonyl (C=S) groups is 1. The van der Waals surface area contributed by atoms with Crippen molar-refractivity contribution >= 4 is 40.7 Å². The fraction of sp³-hybridized carbons (Fsp3) is 0.200. The summed E-state index contributed by atoms with van der Waals surface area (Å²) in [6.45, 7) is 1.92. The minimum Gasteiger partial charge on any atom is -0.496 e. The number of hydrogen-bond donors (Lipinski definition) is 4. The maximum atomic E-state index is 12.3. The predicted octanol–water partition coefficient (Wildman–Crippen LogP) is 2.38. The Morgan fingerprint density at radius 2 is 1.66 bits per heavy atom. The third-order valence-corrected chi connectivity index (χ3v) is 3.98. The zero-order valence-electron chi connectivity index (χ0n) is 16.1. The molecular weight excluding hydrogens is 392 g/mol. The Hall–Kier alpha value is -3.46. The van der Waals surface area contributed by atoms with Crippen molar-refractivity contribution in [3.05, 3.63) is 59.7 Å². The van der Waals surface area contributed by atoms with E-state index in [1.54, 1.807) is 48.5 Å². The summed E-state index contributed by atoms with van der Waals surface area (Å²) in [5.74, 6) is -0.600. The van der Waals surface area contributed by atoms with Gasteiger partial charge in [-0.25, -0.2) is 0 Å². The number of hydrazine groups is 1. The predicted molar refractivity (Wildman–Crippen MR) is 114 cm³/mol. The molecule has 0 aliphatic rings. The summed E-state index contributed by atoms with van der Waals surface area (Å²) in [4.78, 5) is 36.0. The average molecular weight is 414 g/mol. The van der Waals surface area contributed by atoms with Gasteiger partial charge in [-0.15, -0.1) is 0 Å². The third-order valence-electron chi connectivity index (χ3n) is 3.78. The second-order valence-corrected chi connectivity index (χ2v) is 6.35. The van der Waals surface area contributed by atoms with E-state index in [2.05, 4.69) is 21.5 Å². The lowest BCUT2D eigenvalue weighted by Crippen LogP contribution is -2.48. The quantitative estimate of drug-likeness (QED) is 0.427. The van der Waals surface area contributed by atoms with Gasteiger partial charge < -0.3 is 10.1 Å². The number of nitrogens with one attached hydrogen (secondary N) is 4. The average Bonchev–Trinajstić information content (AvgIpc) is 2.72. The van der Waals surface area contributed by atoms with Crippen LogP contribution in [0.25, 0.3) is 0 Å². The largest absolute Gasteiger partial charge is 0.496 e. The Labute approximate surface area is 174 Å². The van der Waals surface area contributed by atoms with Gasteiger partial charge in [0.1, 0.15) is 5.75 Å². The molecule has 0 atom stereocenters. The number of anilines is 1. The number of amides is 3. The molecule has 4 N–H and O–H groups in total. The second-order valence-electron chi connectivity index (χ2n) is 5.94. The molecule has 0 bridgehead atoms. The van der Waals surface area contributed by atoms with Crippen LogP contribution in [0, 0.1) is 0 Å². The van der Waals surface area contributed by atoms with Gasteiger partial charge in [0.2, 0.25) is 5.91 Å². The van der Waals surface area contributed by atoms with Gasteiger partial charge in [0.25, 0.3) is 11.8 Å². The van der Waals surface area contributed by atoms with Gasteiger partial charge in [-0.3, -0.25) is 30.6 Å². The molecule has 2 rings (SSSR count). The third kappa shape index (κ3) is 6.58. The van der Waals surface area contributed by atoms with E-state index in [9.17, 15) is 14.4 Å². The molecule has 0 heterocycles. The highest BCUT2D eigenvalue weighted by atomic mass is 32.1. The highest BCUT2D eigenvalue weighted by Crippen LogP contribution is 2.16. The Kier molecular flexibility index (Phi) is 8.11. The minimum absolute atomic E-state index is 0.0716. The molecule has 0 saturated carbocycles. The molecule has 9 heteroatoms. The molecule has 0 aliphatic carbocycles. The molecular formula is C20H22N4O4S. The summed E-state index contributed by atoms with van der Waals surface area (Å²) < 4.78 is 5.13. The van der Waals surface area contributed by atoms with Crippen LogP contribution in [-0.4, -0.2) is 29.9 Å². The van der Waals surface area contributed by atoms with Gasteiger partial charge in [0, 0.05) is 17.7 Å². The van der Waals surface area contributed by atoms with E-state index in [0.717, 1.165) is 6.42 Å². The molecule has 0 unspecified atom stereocenters. The first-order valence-corrected chi connectivity index (χ1v) is 9.30. The summed E-state index contributed by atoms with van der Waals surface area (Å²) in [7, 11) is 1.46. The van der Waals surface area contributed by atoms with Crippen LogP contribution in [0.1, 0.15) is 40.5 Å². The molecule has 29 heavy (non-hydrogen) atoms. The highest BCUT2D eigenvalue weighted by molar-refractivity contribution is 7.80. The van der Waals surface area contributed by atoms with Crippen molar-refractivity contribution < 1.29 is 19.1 Å². The van der Waals surface area contributed by atoms with Crippen LogP contribution in [0.4, 0.5) is 5.69 Å². The van der Waals surface area contributed by atoms with Crippen molar-refractivity contribution in [1.82, 2.24) is 16.2 Å². The van der Waals surface area contributed by atoms with Crippen molar-refractivity contribution in [3.63, 3.8) is 0 Å². The first-order chi connectivity index (χ1) is 13.9. The number of ether oxygens (including phenoxy) is 1. The SMILES string of the molecule is CCCC(=O)Nc1ccc(C(=O)NNC(=S)NC(=O)c2ccccc2OC)cc1. The standard InChI is InChI=1S/C20H22N4O4S/c1-3-6-17(25)21-14-11-9-13(10-12-14)18(26)23-24-20(29)22-19(27)15-7-4-5-8-16(15)28-2/h4-5,7-12H,3,6H2,1-2H3,(H,21,25)(H,23,26)(H2,22,24,27,29). The first kappa shape index (κ1) is 21.8. The van der Waals surface area contributed by atoms with Gasteiger partial charge in [-0.1, -0.05) is 19.1 Å². The maximum Gasteiger partial charge on any atom is 0.269 e. The summed E-state index contributed by atoms with van der Waals surface area (Å²) in [6, 6.07) is 13.1. The van der Waals surface area contributed by atoms with Gasteiger partial charge in [0.05, 0.1) is 12.7 Å². The van der Waals surface area contributed by atoms with Crippen LogP contribution < -0.4 is 26.2 Å². The number of methoxy groups -OCH3 is 1. The number of carbonyl (C=O) groups is 3. The molecule has 0 radical (unpaired) electrons. The van der Waals surface area contributed by atoms with Gasteiger partial charge >= 0.3 is 0 Å². The van der Waals surface area contributed by atoms with Crippen LogP contribution in [0.15, 0.2) is 48.5 Å². The molecule has 8 nitrogen and oxygen atoms in total. The maximum absolute atomic E-state index is 12.3. The van der Waals surface area contributed by atoms with Gasteiger partial charge in [0.15, 0.2) is 5.11 Å². The summed E-state index contributed by atoms with van der Waals surface area (Å²) >= 11 is 5.03. The molecule has 0 aromatic heterocycles. The Morgan fingerprint density at radius 1 is 0.966 bits per heavy atom. The number of rotatable bonds is 6. The lowest BCUT2D eigenvalue weighted by atomic mass is 10.2. The van der Waals surface area contributed by atoms with E-state index in [0.29, 0.717) is 29.0 Å². The van der Waals surface area contributed by atoms with E-state index in [-0.39, 0.29) is 11.0 Å². The minimum atomic E-state index is -0.471. The van der Waals surface area contributed by atoms with Gasteiger partial charge in [-0.05, 0) is 55.0 Å². The molecule has 0 spiro atoms. The smallest absolute Gasteiger partial charge is 0.269 e. The van der Waals surface area contributed by atoms with Crippen LogP contribution in [0.3, 0.4) is 0 Å². The van der Waals surface area contributed by atoms with Crippen LogP contribution >= 0.6 is 12.2 Å². The van der Waals surface area contributed by atoms with E-state index in [1.807, 2.05) is 6.92 Å². The molecule has 2 aromatic carbocycles. The van der Waals surface area contributed by atoms with E-state index in [4.69, 9.17) is 17.0 Å². The van der Waals surface area contributed by atoms with E-state index in [1.165, 1.54) is 7.11 Å². The monoisotopic (exact) mass is 414 g/mol. The first-order valence-electron chi connectivity index (χ1n) is 8.89.